The van der Waals surface area contributed by atoms with Gasteiger partial charge in [-0.25, -0.2) is 0 Å². The highest BCUT2D eigenvalue weighted by molar-refractivity contribution is 4.82. The van der Waals surface area contributed by atoms with E-state index >= 15 is 0 Å². The second-order valence-corrected chi connectivity index (χ2v) is 0.643. The van der Waals surface area contributed by atoms with Crippen LogP contribution in [0.3, 0.4) is 0 Å². The van der Waals surface area contributed by atoms with Crippen LogP contribution in [0.4, 0.5) is 4.39 Å². The smallest absolute Gasteiger partial charge is 0.100 e. The summed E-state index contributed by atoms with van der Waals surface area (Å²) in [5.41, 5.74) is 0. The molecular weight excluding hydrogens is 66.0 g/mol. The van der Waals surface area contributed by atoms with Crippen LogP contribution in [0.1, 0.15) is 6.42 Å². The topological polar surface area (TPSA) is 0 Å². The molecule has 0 aromatic rings. The van der Waals surface area contributed by atoms with Gasteiger partial charge in [0.05, 0.1) is 0 Å². The zero-order valence-electron chi connectivity index (χ0n) is 2.87. The predicted octanol–water partition coefficient (Wildman–Crippen LogP) is 0.979. The Morgan fingerprint density at radius 1 is 1.80 bits per heavy atom. The summed E-state index contributed by atoms with van der Waals surface area (Å²) in [6, 6.07) is 0. The first-order chi connectivity index (χ1) is 2.41. The Morgan fingerprint density at radius 3 is 2.40 bits per heavy atom. The van der Waals surface area contributed by atoms with Crippen LogP contribution >= 0.6 is 0 Å². The molecule has 1 heteroatoms. The average Bonchev–Trinajstić information content (AvgIpc) is 1.41. The third kappa shape index (κ3) is 3.49. The van der Waals surface area contributed by atoms with Gasteiger partial charge in [0.15, 0.2) is 0 Å². The molecule has 0 aliphatic rings. The van der Waals surface area contributed by atoms with Crippen molar-refractivity contribution in [3.05, 3.63) is 0 Å². The van der Waals surface area contributed by atoms with Gasteiger partial charge >= 0.3 is 0 Å². The lowest BCUT2D eigenvalue weighted by Gasteiger charge is -1.66. The lowest BCUT2D eigenvalue weighted by Crippen LogP contribution is -1.63. The zero-order chi connectivity index (χ0) is 4.12. The molecule has 0 saturated heterocycles. The second kappa shape index (κ2) is 3.49. The first kappa shape index (κ1) is 4.49. The maximum Gasteiger partial charge on any atom is 0.100 e. The Hall–Kier alpha value is -0.510. The molecule has 5 heavy (non-hydrogen) atoms. The molecule has 0 bridgehead atoms. The van der Waals surface area contributed by atoms with E-state index in [-0.39, 0.29) is 6.42 Å². The minimum atomic E-state index is -0.392. The third-order valence-electron chi connectivity index (χ3n) is 0.239. The highest BCUT2D eigenvalue weighted by Gasteiger charge is 1.65. The van der Waals surface area contributed by atoms with Crippen LogP contribution in [0.5, 0.6) is 0 Å². The number of hydrogen-bond acceptors (Lipinski definition) is 0. The highest BCUT2D eigenvalue weighted by atomic mass is 18.2. The van der Waals surface area contributed by atoms with Gasteiger partial charge in [0.2, 0.25) is 0 Å². The molecule has 0 spiro atoms. The maximum absolute atomic E-state index is 10.9. The number of halogens is 1. The van der Waals surface area contributed by atoms with Gasteiger partial charge in [-0.05, 0) is 0 Å². The Bertz CT molecular complexity index is 42.1. The van der Waals surface area contributed by atoms with Gasteiger partial charge in [-0.3, -0.25) is 4.39 Å². The minimum Gasteiger partial charge on any atom is -0.250 e. The summed E-state index contributed by atoms with van der Waals surface area (Å²) in [7, 11) is 0. The Balaban J connectivity index is 2.48. The van der Waals surface area contributed by atoms with Crippen molar-refractivity contribution < 1.29 is 4.39 Å². The lowest BCUT2D eigenvalue weighted by molar-refractivity contribution is 0.505. The van der Waals surface area contributed by atoms with Crippen LogP contribution < -0.4 is 0 Å². The molecule has 0 aliphatic heterocycles. The van der Waals surface area contributed by atoms with E-state index in [1.807, 2.05) is 0 Å². The van der Waals surface area contributed by atoms with Crippen molar-refractivity contribution in [3.8, 4) is 12.3 Å². The fraction of sp³-hybridized carbons (Fsp3) is 0.500. The van der Waals surface area contributed by atoms with E-state index in [0.29, 0.717) is 0 Å². The number of hydrogen-bond donors (Lipinski definition) is 0. The van der Waals surface area contributed by atoms with Gasteiger partial charge in [0.1, 0.15) is 6.67 Å². The molecule has 0 atom stereocenters. The van der Waals surface area contributed by atoms with Crippen LogP contribution in [-0.2, 0) is 0 Å². The van der Waals surface area contributed by atoms with Crippen molar-refractivity contribution in [2.45, 2.75) is 6.42 Å². The van der Waals surface area contributed by atoms with Crippen molar-refractivity contribution in [3.63, 3.8) is 0 Å². The predicted molar refractivity (Wildman–Crippen MR) is 19.4 cm³/mol. The monoisotopic (exact) mass is 71.0 g/mol. The SMILES string of the molecule is C#CCC[18F]. The molecular formula is C4H5F. The highest BCUT2D eigenvalue weighted by Crippen LogP contribution is 1.70. The van der Waals surface area contributed by atoms with E-state index in [0.717, 1.165) is 0 Å². The van der Waals surface area contributed by atoms with Gasteiger partial charge in [-0.1, -0.05) is 0 Å². The van der Waals surface area contributed by atoms with Gasteiger partial charge in [-0.15, -0.1) is 12.3 Å². The fourth-order valence-corrected chi connectivity index (χ4v) is 0.0546. The molecule has 0 amide bonds. The van der Waals surface area contributed by atoms with E-state index in [4.69, 9.17) is 0 Å². The zero-order valence-corrected chi connectivity index (χ0v) is 2.87. The van der Waals surface area contributed by atoms with Crippen LogP contribution in [0, 0.1) is 12.3 Å². The summed E-state index contributed by atoms with van der Waals surface area (Å²) in [5, 5.41) is 0. The van der Waals surface area contributed by atoms with Crippen molar-refractivity contribution in [1.82, 2.24) is 0 Å². The first-order valence-electron chi connectivity index (χ1n) is 1.41. The number of alkyl halides is 1. The van der Waals surface area contributed by atoms with Gasteiger partial charge in [0, 0.05) is 6.42 Å². The van der Waals surface area contributed by atoms with Crippen molar-refractivity contribution in [2.24, 2.45) is 0 Å². The Labute approximate surface area is 31.0 Å². The van der Waals surface area contributed by atoms with Crippen LogP contribution in [0.15, 0.2) is 0 Å². The fourth-order valence-electron chi connectivity index (χ4n) is 0.0546. The molecule has 0 aromatic heterocycles. The Kier molecular flexibility index (Phi) is 3.13. The Morgan fingerprint density at radius 2 is 2.40 bits per heavy atom. The molecule has 0 N–H and O–H groups in total. The maximum atomic E-state index is 10.9. The quantitative estimate of drug-likeness (QED) is 0.404. The molecule has 0 unspecified atom stereocenters. The molecule has 0 saturated carbocycles. The molecule has 0 rings (SSSR count). The summed E-state index contributed by atoms with van der Waals surface area (Å²) < 4.78 is 10.9. The molecule has 0 heterocycles. The largest absolute Gasteiger partial charge is 0.250 e. The van der Waals surface area contributed by atoms with E-state index in [9.17, 15) is 4.39 Å². The van der Waals surface area contributed by atoms with Crippen molar-refractivity contribution in [1.29, 1.82) is 0 Å². The molecule has 0 fully saturated rings. The number of rotatable bonds is 1. The second-order valence-electron chi connectivity index (χ2n) is 0.643. The van der Waals surface area contributed by atoms with E-state index < -0.39 is 6.67 Å². The summed E-state index contributed by atoms with van der Waals surface area (Å²) in [5.74, 6) is 2.14. The molecule has 0 radical (unpaired) electrons. The van der Waals surface area contributed by atoms with Gasteiger partial charge in [-0.2, -0.15) is 0 Å². The molecule has 0 aliphatic carbocycles. The van der Waals surface area contributed by atoms with Crippen LogP contribution in [0.2, 0.25) is 0 Å². The molecule has 28 valence electrons. The summed E-state index contributed by atoms with van der Waals surface area (Å²) in [4.78, 5) is 0. The van der Waals surface area contributed by atoms with E-state index in [1.165, 1.54) is 0 Å². The first-order valence-corrected chi connectivity index (χ1v) is 1.41. The lowest BCUT2D eigenvalue weighted by atomic mass is 10.5. The third-order valence-corrected chi connectivity index (χ3v) is 0.239. The minimum absolute atomic E-state index is 0.250. The molecule has 0 aromatic carbocycles. The van der Waals surface area contributed by atoms with E-state index in [2.05, 4.69) is 12.3 Å². The molecule has 0 nitrogen and oxygen atoms in total. The van der Waals surface area contributed by atoms with Crippen LogP contribution in [0.25, 0.3) is 0 Å². The normalized spacial score (nSPS) is 6.40. The van der Waals surface area contributed by atoms with E-state index in [1.54, 1.807) is 0 Å². The van der Waals surface area contributed by atoms with Gasteiger partial charge < -0.3 is 0 Å². The van der Waals surface area contributed by atoms with Crippen molar-refractivity contribution in [2.75, 3.05) is 6.67 Å². The number of terminal acetylenes is 1. The van der Waals surface area contributed by atoms with Crippen LogP contribution in [-0.4, -0.2) is 6.67 Å². The summed E-state index contributed by atoms with van der Waals surface area (Å²) in [6.45, 7) is -0.392. The standard InChI is InChI=1S/C4H5F/c1-2-3-4-5/h1H,3-4H2/i5-1. The summed E-state index contributed by atoms with van der Waals surface area (Å²) >= 11 is 0. The van der Waals surface area contributed by atoms with Crippen molar-refractivity contribution >= 4 is 0 Å². The summed E-state index contributed by atoms with van der Waals surface area (Å²) in [6.07, 6.45) is 4.90. The average molecular weight is 71.1 g/mol. The van der Waals surface area contributed by atoms with Gasteiger partial charge in [0.25, 0.3) is 0 Å².